The van der Waals surface area contributed by atoms with E-state index in [0.29, 0.717) is 6.54 Å². The summed E-state index contributed by atoms with van der Waals surface area (Å²) in [7, 11) is 0. The Morgan fingerprint density at radius 3 is 2.30 bits per heavy atom. The molecular weight excluding hydrogens is 324 g/mol. The fourth-order valence-corrected chi connectivity index (χ4v) is 2.03. The third kappa shape index (κ3) is 4.50. The normalized spacial score (nSPS) is 13.4. The molecule has 0 spiro atoms. The van der Waals surface area contributed by atoms with Crippen molar-refractivity contribution >= 4 is 5.69 Å². The lowest BCUT2D eigenvalue weighted by molar-refractivity contribution is -0.384. The minimum Gasteiger partial charge on any atom is -1.00 e. The summed E-state index contributed by atoms with van der Waals surface area (Å²) in [6, 6.07) is 6.73. The number of nitro benzene ring substituents is 1. The van der Waals surface area contributed by atoms with Gasteiger partial charge in [0.1, 0.15) is 0 Å². The van der Waals surface area contributed by atoms with E-state index in [4.69, 9.17) is 5.73 Å². The van der Waals surface area contributed by atoms with E-state index < -0.39 is 0 Å². The third-order valence-corrected chi connectivity index (χ3v) is 3.10. The molecule has 0 aromatic heterocycles. The molecule has 0 saturated heterocycles. The summed E-state index contributed by atoms with van der Waals surface area (Å²) in [6.07, 6.45) is 4.97. The van der Waals surface area contributed by atoms with Gasteiger partial charge in [0.05, 0.1) is 11.6 Å². The molecular formula is C13H18BrN4O2-. The van der Waals surface area contributed by atoms with E-state index in [9.17, 15) is 10.1 Å². The second kappa shape index (κ2) is 7.86. The first kappa shape index (κ1) is 16.5. The molecule has 0 aliphatic carbocycles. The van der Waals surface area contributed by atoms with E-state index in [1.807, 2.05) is 18.3 Å². The molecule has 110 valence electrons. The second-order valence-electron chi connectivity index (χ2n) is 4.53. The Bertz CT molecular complexity index is 464. The Labute approximate surface area is 128 Å². The minimum absolute atomic E-state index is 0. The summed E-state index contributed by atoms with van der Waals surface area (Å²) < 4.78 is 0. The van der Waals surface area contributed by atoms with Crippen LogP contribution in [0.15, 0.2) is 36.7 Å². The highest BCUT2D eigenvalue weighted by Gasteiger charge is 2.11. The smallest absolute Gasteiger partial charge is 0.269 e. The van der Waals surface area contributed by atoms with E-state index in [1.54, 1.807) is 12.1 Å². The van der Waals surface area contributed by atoms with Gasteiger partial charge in [0.15, 0.2) is 0 Å². The van der Waals surface area contributed by atoms with Crippen LogP contribution >= 0.6 is 0 Å². The van der Waals surface area contributed by atoms with Gasteiger partial charge in [-0.3, -0.25) is 10.1 Å². The Hall–Kier alpha value is -1.60. The van der Waals surface area contributed by atoms with Crippen LogP contribution in [0.25, 0.3) is 0 Å². The van der Waals surface area contributed by atoms with Crippen LogP contribution in [0.2, 0.25) is 0 Å². The standard InChI is InChI=1S/C13H18N4O2.BrH/c14-6-8-16-10-9-15(11-16)7-5-12-1-3-13(4-2-12)17(18)19;/h1-4,9-10H,5-8,11,14H2;1H/p-1. The summed E-state index contributed by atoms with van der Waals surface area (Å²) in [5, 5.41) is 10.5. The highest BCUT2D eigenvalue weighted by atomic mass is 79.9. The summed E-state index contributed by atoms with van der Waals surface area (Å²) in [5.41, 5.74) is 6.75. The van der Waals surface area contributed by atoms with Crippen LogP contribution in [-0.4, -0.2) is 41.0 Å². The van der Waals surface area contributed by atoms with Crippen LogP contribution < -0.4 is 22.7 Å². The molecule has 0 amide bonds. The lowest BCUT2D eigenvalue weighted by Crippen LogP contribution is -3.00. The summed E-state index contributed by atoms with van der Waals surface area (Å²) in [5.74, 6) is 0. The van der Waals surface area contributed by atoms with Crippen molar-refractivity contribution in [2.75, 3.05) is 26.3 Å². The predicted octanol–water partition coefficient (Wildman–Crippen LogP) is -1.85. The van der Waals surface area contributed by atoms with Crippen molar-refractivity contribution in [1.82, 2.24) is 9.80 Å². The average Bonchev–Trinajstić information content (AvgIpc) is 2.85. The van der Waals surface area contributed by atoms with E-state index >= 15 is 0 Å². The van der Waals surface area contributed by atoms with Crippen LogP contribution in [0.5, 0.6) is 0 Å². The van der Waals surface area contributed by atoms with Gasteiger partial charge in [0, 0.05) is 44.2 Å². The zero-order valence-corrected chi connectivity index (χ0v) is 12.7. The van der Waals surface area contributed by atoms with Crippen LogP contribution in [0.3, 0.4) is 0 Å². The lowest BCUT2D eigenvalue weighted by atomic mass is 10.1. The van der Waals surface area contributed by atoms with Gasteiger partial charge in [0.25, 0.3) is 5.69 Å². The van der Waals surface area contributed by atoms with Crippen molar-refractivity contribution < 1.29 is 21.9 Å². The quantitative estimate of drug-likeness (QED) is 0.485. The van der Waals surface area contributed by atoms with Crippen LogP contribution in [0.1, 0.15) is 5.56 Å². The largest absolute Gasteiger partial charge is 1.00 e. The molecule has 1 heterocycles. The SMILES string of the molecule is NCCN1C=CN(CCc2ccc([N+](=O)[O-])cc2)C1.[Br-]. The van der Waals surface area contributed by atoms with Crippen molar-refractivity contribution in [3.63, 3.8) is 0 Å². The number of rotatable bonds is 6. The molecule has 0 fully saturated rings. The molecule has 0 unspecified atom stereocenters. The average molecular weight is 342 g/mol. The first-order valence-electron chi connectivity index (χ1n) is 6.29. The predicted molar refractivity (Wildman–Crippen MR) is 73.3 cm³/mol. The van der Waals surface area contributed by atoms with Crippen LogP contribution in [0, 0.1) is 10.1 Å². The molecule has 6 nitrogen and oxygen atoms in total. The maximum Gasteiger partial charge on any atom is 0.269 e. The second-order valence-corrected chi connectivity index (χ2v) is 4.53. The number of hydrogen-bond donors (Lipinski definition) is 1. The Balaban J connectivity index is 0.00000200. The number of non-ortho nitro benzene ring substituents is 1. The first-order valence-corrected chi connectivity index (χ1v) is 6.29. The molecule has 1 aromatic carbocycles. The molecule has 2 rings (SSSR count). The minimum atomic E-state index is -0.377. The number of halogens is 1. The van der Waals surface area contributed by atoms with Gasteiger partial charge < -0.3 is 32.5 Å². The van der Waals surface area contributed by atoms with Crippen LogP contribution in [-0.2, 0) is 6.42 Å². The molecule has 2 N–H and O–H groups in total. The summed E-state index contributed by atoms with van der Waals surface area (Å²) in [4.78, 5) is 14.5. The van der Waals surface area contributed by atoms with Crippen molar-refractivity contribution in [1.29, 1.82) is 0 Å². The highest BCUT2D eigenvalue weighted by Crippen LogP contribution is 2.13. The van der Waals surface area contributed by atoms with Gasteiger partial charge in [-0.25, -0.2) is 0 Å². The third-order valence-electron chi connectivity index (χ3n) is 3.10. The molecule has 0 radical (unpaired) electrons. The van der Waals surface area contributed by atoms with Crippen molar-refractivity contribution in [2.24, 2.45) is 5.73 Å². The zero-order chi connectivity index (χ0) is 13.7. The van der Waals surface area contributed by atoms with E-state index in [0.717, 1.165) is 31.7 Å². The molecule has 1 aliphatic rings. The van der Waals surface area contributed by atoms with Crippen molar-refractivity contribution in [3.8, 4) is 0 Å². The number of nitro groups is 1. The molecule has 0 bridgehead atoms. The van der Waals surface area contributed by atoms with Gasteiger partial charge >= 0.3 is 0 Å². The maximum absolute atomic E-state index is 10.5. The maximum atomic E-state index is 10.5. The Kier molecular flexibility index (Phi) is 6.47. The van der Waals surface area contributed by atoms with Gasteiger partial charge in [-0.15, -0.1) is 0 Å². The lowest BCUT2D eigenvalue weighted by Gasteiger charge is -2.20. The Morgan fingerprint density at radius 1 is 1.15 bits per heavy atom. The van der Waals surface area contributed by atoms with Gasteiger partial charge in [-0.1, -0.05) is 12.1 Å². The number of benzene rings is 1. The Morgan fingerprint density at radius 2 is 1.75 bits per heavy atom. The molecule has 0 saturated carbocycles. The van der Waals surface area contributed by atoms with E-state index in [-0.39, 0.29) is 27.6 Å². The number of nitrogens with two attached hydrogens (primary N) is 1. The highest BCUT2D eigenvalue weighted by molar-refractivity contribution is 5.32. The summed E-state index contributed by atoms with van der Waals surface area (Å²) in [6.45, 7) is 3.28. The first-order chi connectivity index (χ1) is 9.19. The van der Waals surface area contributed by atoms with Crippen molar-refractivity contribution in [2.45, 2.75) is 6.42 Å². The summed E-state index contributed by atoms with van der Waals surface area (Å²) >= 11 is 0. The zero-order valence-electron chi connectivity index (χ0n) is 11.1. The topological polar surface area (TPSA) is 75.6 Å². The van der Waals surface area contributed by atoms with Gasteiger partial charge in [0.2, 0.25) is 0 Å². The number of nitrogens with zero attached hydrogens (tertiary/aromatic N) is 3. The van der Waals surface area contributed by atoms with E-state index in [2.05, 4.69) is 16.0 Å². The molecule has 1 aromatic rings. The van der Waals surface area contributed by atoms with E-state index in [1.165, 1.54) is 0 Å². The molecule has 1 aliphatic heterocycles. The van der Waals surface area contributed by atoms with Gasteiger partial charge in [-0.2, -0.15) is 0 Å². The fraction of sp³-hybridized carbons (Fsp3) is 0.385. The fourth-order valence-electron chi connectivity index (χ4n) is 2.03. The molecule has 20 heavy (non-hydrogen) atoms. The van der Waals surface area contributed by atoms with Crippen molar-refractivity contribution in [3.05, 3.63) is 52.3 Å². The van der Waals surface area contributed by atoms with Gasteiger partial charge in [-0.05, 0) is 12.0 Å². The molecule has 0 atom stereocenters. The molecule has 7 heteroatoms. The van der Waals surface area contributed by atoms with Crippen LogP contribution in [0.4, 0.5) is 5.69 Å². The monoisotopic (exact) mass is 341 g/mol. The number of hydrogen-bond acceptors (Lipinski definition) is 5.